The predicted molar refractivity (Wildman–Crippen MR) is 126 cm³/mol. The van der Waals surface area contributed by atoms with E-state index in [1.807, 2.05) is 12.1 Å². The monoisotopic (exact) mass is 452 g/mol. The molecule has 4 rings (SSSR count). The highest BCUT2D eigenvalue weighted by Gasteiger charge is 2.46. The number of thiazole rings is 1. The number of fused-ring (bicyclic) bond motifs is 1. The molecule has 0 radical (unpaired) electrons. The number of nitrogens with zero attached hydrogens (tertiary/aromatic N) is 2. The van der Waals surface area contributed by atoms with E-state index in [0.717, 1.165) is 30.2 Å². The zero-order valence-corrected chi connectivity index (χ0v) is 19.7. The number of aromatic carboxylic acids is 1. The van der Waals surface area contributed by atoms with E-state index in [1.165, 1.54) is 22.5 Å². The summed E-state index contributed by atoms with van der Waals surface area (Å²) in [6.45, 7) is 10.5. The van der Waals surface area contributed by atoms with Gasteiger partial charge in [0, 0.05) is 23.9 Å². The number of aromatic nitrogens is 1. The second kappa shape index (κ2) is 8.20. The molecule has 0 saturated carbocycles. The maximum Gasteiger partial charge on any atom is 0.350 e. The normalized spacial score (nSPS) is 21.9. The lowest BCUT2D eigenvalue weighted by atomic mass is 9.58. The molecular formula is C25H28N2O4S. The zero-order chi connectivity index (χ0) is 23.1. The molecule has 32 heavy (non-hydrogen) atoms. The third kappa shape index (κ3) is 3.86. The number of esters is 1. The van der Waals surface area contributed by atoms with Crippen LogP contribution in [-0.2, 0) is 4.74 Å². The second-order valence-corrected chi connectivity index (χ2v) is 10.1. The third-order valence-electron chi connectivity index (χ3n) is 6.49. The van der Waals surface area contributed by atoms with Gasteiger partial charge in [-0.25, -0.2) is 14.6 Å². The highest BCUT2D eigenvalue weighted by Crippen LogP contribution is 2.55. The minimum atomic E-state index is -0.913. The maximum atomic E-state index is 12.0. The molecular weight excluding hydrogens is 424 g/mol. The SMILES string of the molecule is CCOC(=O)c1cnc(N2CC=C3C(C)(C)C(c4ccc(C(=O)O)cc4)=CC[C@]3(C)C2)s1. The molecule has 0 spiro atoms. The Morgan fingerprint density at radius 2 is 1.91 bits per heavy atom. The summed E-state index contributed by atoms with van der Waals surface area (Å²) in [5.41, 5.74) is 3.74. The second-order valence-electron chi connectivity index (χ2n) is 9.12. The summed E-state index contributed by atoms with van der Waals surface area (Å²) >= 11 is 1.37. The number of allylic oxidation sites excluding steroid dienone is 2. The molecule has 0 unspecified atom stereocenters. The Balaban J connectivity index is 1.59. The number of ether oxygens (including phenoxy) is 1. The van der Waals surface area contributed by atoms with E-state index in [2.05, 4.69) is 42.8 Å². The van der Waals surface area contributed by atoms with Crippen molar-refractivity contribution in [3.05, 3.63) is 64.2 Å². The van der Waals surface area contributed by atoms with Gasteiger partial charge in [0.15, 0.2) is 5.13 Å². The Labute approximate surface area is 192 Å². The Morgan fingerprint density at radius 1 is 1.19 bits per heavy atom. The molecule has 7 heteroatoms. The van der Waals surface area contributed by atoms with Crippen molar-refractivity contribution in [1.29, 1.82) is 0 Å². The van der Waals surface area contributed by atoms with E-state index in [-0.39, 0.29) is 16.8 Å². The summed E-state index contributed by atoms with van der Waals surface area (Å²) in [5.74, 6) is -1.24. The van der Waals surface area contributed by atoms with Crippen LogP contribution in [0.15, 0.2) is 48.2 Å². The number of anilines is 1. The fourth-order valence-corrected chi connectivity index (χ4v) is 5.87. The molecule has 2 heterocycles. The lowest BCUT2D eigenvalue weighted by Crippen LogP contribution is -2.46. The average molecular weight is 453 g/mol. The predicted octanol–water partition coefficient (Wildman–Crippen LogP) is 5.28. The number of carboxylic acid groups (broad SMARTS) is 1. The first kappa shape index (κ1) is 22.3. The van der Waals surface area contributed by atoms with Gasteiger partial charge >= 0.3 is 11.9 Å². The van der Waals surface area contributed by atoms with Gasteiger partial charge in [-0.15, -0.1) is 0 Å². The smallest absolute Gasteiger partial charge is 0.350 e. The number of carbonyl (C=O) groups is 2. The Morgan fingerprint density at radius 3 is 2.56 bits per heavy atom. The van der Waals surface area contributed by atoms with Gasteiger partial charge in [-0.3, -0.25) is 0 Å². The number of benzene rings is 1. The Hall–Kier alpha value is -2.93. The van der Waals surface area contributed by atoms with Gasteiger partial charge in [-0.1, -0.05) is 62.0 Å². The summed E-state index contributed by atoms with van der Waals surface area (Å²) in [7, 11) is 0. The summed E-state index contributed by atoms with van der Waals surface area (Å²) in [6.07, 6.45) is 7.07. The number of carbonyl (C=O) groups excluding carboxylic acids is 1. The van der Waals surface area contributed by atoms with Crippen molar-refractivity contribution in [1.82, 2.24) is 4.98 Å². The third-order valence-corrected chi connectivity index (χ3v) is 7.53. The lowest BCUT2D eigenvalue weighted by Gasteiger charge is -2.50. The zero-order valence-electron chi connectivity index (χ0n) is 18.8. The molecule has 1 N–H and O–H groups in total. The quantitative estimate of drug-likeness (QED) is 0.491. The van der Waals surface area contributed by atoms with E-state index in [0.29, 0.717) is 17.0 Å². The van der Waals surface area contributed by atoms with Gasteiger partial charge in [-0.05, 0) is 36.6 Å². The molecule has 2 aliphatic rings. The van der Waals surface area contributed by atoms with Crippen LogP contribution in [0, 0.1) is 10.8 Å². The first-order valence-electron chi connectivity index (χ1n) is 10.8. The van der Waals surface area contributed by atoms with Crippen LogP contribution in [0.3, 0.4) is 0 Å². The van der Waals surface area contributed by atoms with Gasteiger partial charge in [0.2, 0.25) is 0 Å². The number of hydrogen-bond donors (Lipinski definition) is 1. The van der Waals surface area contributed by atoms with Crippen LogP contribution < -0.4 is 4.90 Å². The van der Waals surface area contributed by atoms with Gasteiger partial charge in [0.1, 0.15) is 4.88 Å². The molecule has 1 aromatic heterocycles. The number of hydrogen-bond acceptors (Lipinski definition) is 6. The fraction of sp³-hybridized carbons (Fsp3) is 0.400. The summed E-state index contributed by atoms with van der Waals surface area (Å²) in [5, 5.41) is 10.0. The van der Waals surface area contributed by atoms with Crippen LogP contribution in [0.4, 0.5) is 5.13 Å². The van der Waals surface area contributed by atoms with Crippen molar-refractivity contribution in [3.8, 4) is 0 Å². The lowest BCUT2D eigenvalue weighted by molar-refractivity contribution is 0.0531. The summed E-state index contributed by atoms with van der Waals surface area (Å²) < 4.78 is 5.10. The van der Waals surface area contributed by atoms with Crippen molar-refractivity contribution in [3.63, 3.8) is 0 Å². The average Bonchev–Trinajstić information content (AvgIpc) is 3.24. The van der Waals surface area contributed by atoms with E-state index in [4.69, 9.17) is 4.74 Å². The number of carboxylic acids is 1. The van der Waals surface area contributed by atoms with Gasteiger partial charge < -0.3 is 14.7 Å². The molecule has 1 aliphatic carbocycles. The van der Waals surface area contributed by atoms with Crippen LogP contribution in [0.25, 0.3) is 5.57 Å². The molecule has 1 aliphatic heterocycles. The van der Waals surface area contributed by atoms with Gasteiger partial charge in [-0.2, -0.15) is 0 Å². The molecule has 1 aromatic carbocycles. The topological polar surface area (TPSA) is 79.7 Å². The van der Waals surface area contributed by atoms with Crippen LogP contribution in [0.1, 0.15) is 59.7 Å². The molecule has 168 valence electrons. The van der Waals surface area contributed by atoms with Crippen LogP contribution in [0.2, 0.25) is 0 Å². The highest BCUT2D eigenvalue weighted by atomic mass is 32.1. The Bertz CT molecular complexity index is 1110. The van der Waals surface area contributed by atoms with E-state index >= 15 is 0 Å². The van der Waals surface area contributed by atoms with Gasteiger partial charge in [0.05, 0.1) is 18.4 Å². The van der Waals surface area contributed by atoms with Crippen LogP contribution >= 0.6 is 11.3 Å². The standard InChI is InChI=1S/C25H28N2O4S/c1-5-31-22(30)19-14-26-23(32-19)27-13-11-20-24(2,3)18(10-12-25(20,4)15-27)16-6-8-17(9-7-16)21(28)29/h6-11,14H,5,12-13,15H2,1-4H3,(H,28,29)/t25-/m1/s1. The van der Waals surface area contributed by atoms with Crippen molar-refractivity contribution in [2.24, 2.45) is 10.8 Å². The number of rotatable bonds is 5. The summed E-state index contributed by atoms with van der Waals surface area (Å²) in [6, 6.07) is 7.15. The molecule has 6 nitrogen and oxygen atoms in total. The fourth-order valence-electron chi connectivity index (χ4n) is 5.05. The maximum absolute atomic E-state index is 12.0. The molecule has 0 fully saturated rings. The molecule has 2 aromatic rings. The minimum absolute atomic E-state index is 0.0536. The first-order chi connectivity index (χ1) is 15.2. The van der Waals surface area contributed by atoms with Crippen molar-refractivity contribution < 1.29 is 19.4 Å². The first-order valence-corrected chi connectivity index (χ1v) is 11.6. The largest absolute Gasteiger partial charge is 0.478 e. The van der Waals surface area contributed by atoms with E-state index in [1.54, 1.807) is 25.3 Å². The highest BCUT2D eigenvalue weighted by molar-refractivity contribution is 7.17. The summed E-state index contributed by atoms with van der Waals surface area (Å²) in [4.78, 5) is 30.5. The molecule has 0 bridgehead atoms. The molecule has 1 atom stereocenters. The van der Waals surface area contributed by atoms with Crippen molar-refractivity contribution in [2.75, 3.05) is 24.6 Å². The Kier molecular flexibility index (Phi) is 5.71. The van der Waals surface area contributed by atoms with Crippen LogP contribution in [-0.4, -0.2) is 41.7 Å². The molecule has 0 saturated heterocycles. The van der Waals surface area contributed by atoms with Gasteiger partial charge in [0.25, 0.3) is 0 Å². The molecule has 0 amide bonds. The van der Waals surface area contributed by atoms with Crippen molar-refractivity contribution in [2.45, 2.75) is 34.1 Å². The van der Waals surface area contributed by atoms with E-state index < -0.39 is 5.97 Å². The minimum Gasteiger partial charge on any atom is -0.478 e. The van der Waals surface area contributed by atoms with E-state index in [9.17, 15) is 14.7 Å². The van der Waals surface area contributed by atoms with Crippen LogP contribution in [0.5, 0.6) is 0 Å². The van der Waals surface area contributed by atoms with Crippen molar-refractivity contribution >= 4 is 34.0 Å².